The molecule has 15 nitrogen and oxygen atoms in total. The third-order valence-corrected chi connectivity index (χ3v) is 5.43. The van der Waals surface area contributed by atoms with Gasteiger partial charge in [-0.05, 0) is 45.1 Å². The summed E-state index contributed by atoms with van der Waals surface area (Å²) < 4.78 is 0. The van der Waals surface area contributed by atoms with Crippen molar-refractivity contribution in [2.24, 2.45) is 17.4 Å². The Hall–Kier alpha value is -3.30. The Labute approximate surface area is 215 Å². The quantitative estimate of drug-likeness (QED) is 0.0803. The topological polar surface area (TPSA) is 263 Å². The molecule has 0 saturated carbocycles. The molecule has 15 heteroatoms. The van der Waals surface area contributed by atoms with E-state index in [4.69, 9.17) is 16.6 Å². The van der Waals surface area contributed by atoms with Crippen LogP contribution in [0.25, 0.3) is 0 Å². The molecule has 0 spiro atoms. The van der Waals surface area contributed by atoms with Gasteiger partial charge in [-0.1, -0.05) is 13.8 Å². The van der Waals surface area contributed by atoms with E-state index in [2.05, 4.69) is 21.3 Å². The molecule has 0 fully saturated rings. The SMILES string of the molecule is CC(C)[C@H](N)C(=O)N[C@@H](CCC(=O)O)C(=O)N[C@@H](CO)C(=O)N[C@@H](C)C(=O)N[C@@H](CCCCN)C(=O)O. The molecule has 0 aliphatic heterocycles. The average molecular weight is 533 g/mol. The van der Waals surface area contributed by atoms with Crippen LogP contribution in [0.5, 0.6) is 0 Å². The maximum atomic E-state index is 12.7. The summed E-state index contributed by atoms with van der Waals surface area (Å²) in [6.45, 7) is 4.13. The molecule has 0 aromatic heterocycles. The van der Waals surface area contributed by atoms with Crippen LogP contribution < -0.4 is 32.7 Å². The number of aliphatic carboxylic acids is 2. The second-order valence-corrected chi connectivity index (χ2v) is 8.92. The monoisotopic (exact) mass is 532 g/mol. The third-order valence-electron chi connectivity index (χ3n) is 5.43. The van der Waals surface area contributed by atoms with Gasteiger partial charge in [-0.3, -0.25) is 24.0 Å². The van der Waals surface area contributed by atoms with Crippen LogP contribution in [0.4, 0.5) is 0 Å². The van der Waals surface area contributed by atoms with Gasteiger partial charge in [-0.2, -0.15) is 0 Å². The average Bonchev–Trinajstić information content (AvgIpc) is 2.82. The van der Waals surface area contributed by atoms with Crippen LogP contribution >= 0.6 is 0 Å². The van der Waals surface area contributed by atoms with Crippen LogP contribution in [0, 0.1) is 5.92 Å². The molecule has 37 heavy (non-hydrogen) atoms. The molecule has 0 aromatic carbocycles. The lowest BCUT2D eigenvalue weighted by Crippen LogP contribution is -2.59. The van der Waals surface area contributed by atoms with Gasteiger partial charge in [0.1, 0.15) is 24.2 Å². The van der Waals surface area contributed by atoms with E-state index in [1.54, 1.807) is 13.8 Å². The van der Waals surface area contributed by atoms with Crippen molar-refractivity contribution in [3.8, 4) is 0 Å². The summed E-state index contributed by atoms with van der Waals surface area (Å²) in [7, 11) is 0. The fourth-order valence-electron chi connectivity index (χ4n) is 3.00. The number of hydrogen-bond donors (Lipinski definition) is 9. The Morgan fingerprint density at radius 1 is 0.730 bits per heavy atom. The molecule has 0 rings (SSSR count). The number of amides is 4. The highest BCUT2D eigenvalue weighted by Crippen LogP contribution is 2.04. The van der Waals surface area contributed by atoms with Crippen LogP contribution in [0.2, 0.25) is 0 Å². The highest BCUT2D eigenvalue weighted by atomic mass is 16.4. The van der Waals surface area contributed by atoms with E-state index in [0.29, 0.717) is 19.4 Å². The number of unbranched alkanes of at least 4 members (excludes halogenated alkanes) is 1. The second kappa shape index (κ2) is 17.2. The highest BCUT2D eigenvalue weighted by Gasteiger charge is 2.30. The molecule has 0 heterocycles. The number of nitrogens with one attached hydrogen (secondary N) is 4. The van der Waals surface area contributed by atoms with Gasteiger partial charge in [0.05, 0.1) is 12.6 Å². The zero-order valence-electron chi connectivity index (χ0n) is 21.4. The standard InChI is InChI=1S/C22H40N6O9/c1-11(2)17(24)21(35)26-13(7-8-16(30)31)19(33)28-15(10-29)20(34)25-12(3)18(32)27-14(22(36)37)6-4-5-9-23/h11-15,17,29H,4-10,23-24H2,1-3H3,(H,25,34)(H,26,35)(H,27,32)(H,28,33)(H,30,31)(H,36,37)/t12-,13-,14-,15-,17-/m0/s1. The number of carbonyl (C=O) groups excluding carboxylic acids is 4. The lowest BCUT2D eigenvalue weighted by atomic mass is 10.0. The van der Waals surface area contributed by atoms with Crippen LogP contribution in [0.15, 0.2) is 0 Å². The molecule has 11 N–H and O–H groups in total. The molecule has 0 bridgehead atoms. The molecular formula is C22H40N6O9. The first-order valence-corrected chi connectivity index (χ1v) is 12.0. The van der Waals surface area contributed by atoms with Gasteiger partial charge in [0.15, 0.2) is 0 Å². The molecule has 212 valence electrons. The molecule has 4 amide bonds. The minimum absolute atomic E-state index is 0.137. The lowest BCUT2D eigenvalue weighted by Gasteiger charge is -2.25. The minimum atomic E-state index is -1.55. The van der Waals surface area contributed by atoms with Crippen molar-refractivity contribution in [1.29, 1.82) is 0 Å². The van der Waals surface area contributed by atoms with Crippen molar-refractivity contribution in [1.82, 2.24) is 21.3 Å². The maximum absolute atomic E-state index is 12.7. The Kier molecular flexibility index (Phi) is 15.7. The van der Waals surface area contributed by atoms with Crippen molar-refractivity contribution in [3.63, 3.8) is 0 Å². The Bertz CT molecular complexity index is 808. The second-order valence-electron chi connectivity index (χ2n) is 8.92. The first kappa shape index (κ1) is 33.7. The molecule has 0 aromatic rings. The third kappa shape index (κ3) is 13.0. The first-order chi connectivity index (χ1) is 17.2. The van der Waals surface area contributed by atoms with Crippen LogP contribution in [-0.4, -0.2) is 94.2 Å². The van der Waals surface area contributed by atoms with Gasteiger partial charge < -0.3 is 48.1 Å². The number of aliphatic hydroxyl groups excluding tert-OH is 1. The summed E-state index contributed by atoms with van der Waals surface area (Å²) >= 11 is 0. The normalized spacial score (nSPS) is 15.0. The van der Waals surface area contributed by atoms with E-state index in [1.807, 2.05) is 0 Å². The maximum Gasteiger partial charge on any atom is 0.326 e. The van der Waals surface area contributed by atoms with Crippen molar-refractivity contribution < 1.29 is 44.1 Å². The van der Waals surface area contributed by atoms with Gasteiger partial charge in [-0.25, -0.2) is 4.79 Å². The summed E-state index contributed by atoms with van der Waals surface area (Å²) in [6.07, 6.45) is 0.392. The van der Waals surface area contributed by atoms with Crippen molar-refractivity contribution >= 4 is 35.6 Å². The van der Waals surface area contributed by atoms with E-state index in [0.717, 1.165) is 0 Å². The van der Waals surface area contributed by atoms with Crippen LogP contribution in [0.3, 0.4) is 0 Å². The highest BCUT2D eigenvalue weighted by molar-refractivity contribution is 5.95. The van der Waals surface area contributed by atoms with Gasteiger partial charge in [0, 0.05) is 6.42 Å². The van der Waals surface area contributed by atoms with E-state index < -0.39 is 78.8 Å². The van der Waals surface area contributed by atoms with Gasteiger partial charge in [0.25, 0.3) is 0 Å². The Morgan fingerprint density at radius 2 is 1.27 bits per heavy atom. The van der Waals surface area contributed by atoms with Gasteiger partial charge in [-0.15, -0.1) is 0 Å². The minimum Gasteiger partial charge on any atom is -0.481 e. The number of carboxylic acids is 2. The zero-order valence-corrected chi connectivity index (χ0v) is 21.4. The largest absolute Gasteiger partial charge is 0.481 e. The Balaban J connectivity index is 5.23. The summed E-state index contributed by atoms with van der Waals surface area (Å²) in [5.74, 6) is -6.15. The summed E-state index contributed by atoms with van der Waals surface area (Å²) in [5.41, 5.74) is 11.1. The zero-order chi connectivity index (χ0) is 28.7. The van der Waals surface area contributed by atoms with Crippen molar-refractivity contribution in [2.45, 2.75) is 83.1 Å². The summed E-state index contributed by atoms with van der Waals surface area (Å²) in [5, 5.41) is 37.0. The Morgan fingerprint density at radius 3 is 1.76 bits per heavy atom. The molecule has 0 aliphatic rings. The van der Waals surface area contributed by atoms with Crippen LogP contribution in [0.1, 0.15) is 52.9 Å². The molecule has 0 unspecified atom stereocenters. The first-order valence-electron chi connectivity index (χ1n) is 12.0. The summed E-state index contributed by atoms with van der Waals surface area (Å²) in [4.78, 5) is 72.3. The molecular weight excluding hydrogens is 492 g/mol. The predicted octanol–water partition coefficient (Wildman–Crippen LogP) is -3.00. The van der Waals surface area contributed by atoms with Gasteiger partial charge >= 0.3 is 11.9 Å². The fourth-order valence-corrected chi connectivity index (χ4v) is 3.00. The number of rotatable bonds is 18. The number of nitrogens with two attached hydrogens (primary N) is 2. The smallest absolute Gasteiger partial charge is 0.326 e. The van der Waals surface area contributed by atoms with Crippen molar-refractivity contribution in [2.75, 3.05) is 13.2 Å². The number of carboxylic acid groups (broad SMARTS) is 2. The van der Waals surface area contributed by atoms with E-state index >= 15 is 0 Å². The molecule has 0 saturated heterocycles. The number of carbonyl (C=O) groups is 6. The lowest BCUT2D eigenvalue weighted by molar-refractivity contribution is -0.142. The number of aliphatic hydroxyl groups is 1. The summed E-state index contributed by atoms with van der Waals surface area (Å²) in [6, 6.07) is -6.29. The van der Waals surface area contributed by atoms with Crippen molar-refractivity contribution in [3.05, 3.63) is 0 Å². The van der Waals surface area contributed by atoms with E-state index in [-0.39, 0.29) is 18.8 Å². The van der Waals surface area contributed by atoms with E-state index in [1.165, 1.54) is 6.92 Å². The molecule has 0 radical (unpaired) electrons. The number of hydrogen-bond acceptors (Lipinski definition) is 9. The molecule has 5 atom stereocenters. The predicted molar refractivity (Wildman–Crippen MR) is 131 cm³/mol. The fraction of sp³-hybridized carbons (Fsp3) is 0.727. The van der Waals surface area contributed by atoms with Gasteiger partial charge in [0.2, 0.25) is 23.6 Å². The van der Waals surface area contributed by atoms with Crippen LogP contribution in [-0.2, 0) is 28.8 Å². The molecule has 0 aliphatic carbocycles. The van der Waals surface area contributed by atoms with E-state index in [9.17, 15) is 39.0 Å².